The summed E-state index contributed by atoms with van der Waals surface area (Å²) in [7, 11) is 0. The van der Waals surface area contributed by atoms with Crippen LogP contribution >= 0.6 is 0 Å². The molecule has 0 saturated carbocycles. The summed E-state index contributed by atoms with van der Waals surface area (Å²) < 4.78 is 32.4. The van der Waals surface area contributed by atoms with Gasteiger partial charge in [-0.1, -0.05) is 17.3 Å². The van der Waals surface area contributed by atoms with Crippen LogP contribution in [0.1, 0.15) is 61.4 Å². The van der Waals surface area contributed by atoms with Crippen LogP contribution in [0, 0.1) is 12.8 Å². The van der Waals surface area contributed by atoms with Crippen LogP contribution in [0.2, 0.25) is 0 Å². The van der Waals surface area contributed by atoms with Gasteiger partial charge in [0.05, 0.1) is 11.1 Å². The maximum absolute atomic E-state index is 13.6. The smallest absolute Gasteiger partial charge is 0.264 e. The quantitative estimate of drug-likeness (QED) is 0.718. The molecule has 1 aliphatic carbocycles. The molecule has 0 N–H and O–H groups in total. The molecule has 1 fully saturated rings. The van der Waals surface area contributed by atoms with Crippen molar-refractivity contribution in [1.82, 2.24) is 15.0 Å². The van der Waals surface area contributed by atoms with Gasteiger partial charge in [-0.3, -0.25) is 0 Å². The zero-order chi connectivity index (χ0) is 18.1. The first-order chi connectivity index (χ1) is 12.6. The fourth-order valence-electron chi connectivity index (χ4n) is 4.38. The second-order valence-corrected chi connectivity index (χ2v) is 7.63. The van der Waals surface area contributed by atoms with E-state index >= 15 is 0 Å². The molecular formula is C20H25F2N3O. The molecule has 2 atom stereocenters. The van der Waals surface area contributed by atoms with Crippen LogP contribution in [0.25, 0.3) is 11.1 Å². The molecule has 0 spiro atoms. The minimum absolute atomic E-state index is 0.00158. The highest BCUT2D eigenvalue weighted by Crippen LogP contribution is 2.34. The van der Waals surface area contributed by atoms with Crippen molar-refractivity contribution >= 4 is 11.1 Å². The van der Waals surface area contributed by atoms with Gasteiger partial charge in [-0.15, -0.1) is 0 Å². The number of halogens is 2. The largest absolute Gasteiger partial charge is 0.336 e. The topological polar surface area (TPSA) is 42.2 Å². The van der Waals surface area contributed by atoms with Gasteiger partial charge in [-0.25, -0.2) is 13.8 Å². The minimum Gasteiger partial charge on any atom is -0.336 e. The lowest BCUT2D eigenvalue weighted by Crippen LogP contribution is -2.38. The van der Waals surface area contributed by atoms with E-state index in [4.69, 9.17) is 4.52 Å². The van der Waals surface area contributed by atoms with Gasteiger partial charge in [0, 0.05) is 30.3 Å². The van der Waals surface area contributed by atoms with E-state index in [0.717, 1.165) is 44.6 Å². The second kappa shape index (κ2) is 7.43. The lowest BCUT2D eigenvalue weighted by Gasteiger charge is -2.35. The van der Waals surface area contributed by atoms with Gasteiger partial charge in [0.1, 0.15) is 0 Å². The first-order valence-electron chi connectivity index (χ1n) is 9.54. The van der Waals surface area contributed by atoms with Gasteiger partial charge in [0.15, 0.2) is 0 Å². The predicted octanol–water partition coefficient (Wildman–Crippen LogP) is 5.00. The van der Waals surface area contributed by atoms with Crippen LogP contribution in [0.3, 0.4) is 0 Å². The zero-order valence-corrected chi connectivity index (χ0v) is 15.1. The van der Waals surface area contributed by atoms with E-state index in [1.165, 1.54) is 12.8 Å². The minimum atomic E-state index is -2.55. The van der Waals surface area contributed by atoms with Crippen LogP contribution in [0.15, 0.2) is 22.7 Å². The average Bonchev–Trinajstić information content (AvgIpc) is 3.03. The van der Waals surface area contributed by atoms with E-state index < -0.39 is 6.43 Å². The monoisotopic (exact) mass is 361 g/mol. The third-order valence-electron chi connectivity index (χ3n) is 5.72. The molecule has 0 bridgehead atoms. The molecular weight excluding hydrogens is 336 g/mol. The van der Waals surface area contributed by atoms with Gasteiger partial charge < -0.3 is 9.42 Å². The summed E-state index contributed by atoms with van der Waals surface area (Å²) in [6, 6.07) is 1.58. The molecule has 0 unspecified atom stereocenters. The Morgan fingerprint density at radius 2 is 2.19 bits per heavy atom. The van der Waals surface area contributed by atoms with Crippen molar-refractivity contribution in [2.45, 2.75) is 51.4 Å². The molecule has 1 saturated heterocycles. The molecule has 0 aromatic carbocycles. The van der Waals surface area contributed by atoms with Crippen molar-refractivity contribution in [3.8, 4) is 0 Å². The van der Waals surface area contributed by atoms with E-state index in [0.29, 0.717) is 17.0 Å². The fourth-order valence-corrected chi connectivity index (χ4v) is 4.38. The average molecular weight is 361 g/mol. The Morgan fingerprint density at radius 3 is 2.96 bits per heavy atom. The highest BCUT2D eigenvalue weighted by Gasteiger charge is 2.27. The highest BCUT2D eigenvalue weighted by molar-refractivity contribution is 5.80. The Kier molecular flexibility index (Phi) is 5.02. The Balaban J connectivity index is 1.55. The summed E-state index contributed by atoms with van der Waals surface area (Å²) in [4.78, 5) is 7.03. The number of rotatable bonds is 4. The molecule has 2 aromatic heterocycles. The summed E-state index contributed by atoms with van der Waals surface area (Å²) >= 11 is 0. The molecule has 26 heavy (non-hydrogen) atoms. The number of allylic oxidation sites excluding steroid dienone is 2. The number of nitrogens with zero attached hydrogens (tertiary/aromatic N) is 3. The third kappa shape index (κ3) is 3.52. The number of aromatic nitrogens is 2. The van der Waals surface area contributed by atoms with E-state index in [2.05, 4.69) is 27.2 Å². The van der Waals surface area contributed by atoms with Crippen LogP contribution in [0.5, 0.6) is 0 Å². The van der Waals surface area contributed by atoms with Gasteiger partial charge in [0.2, 0.25) is 0 Å². The van der Waals surface area contributed by atoms with Crippen LogP contribution in [-0.4, -0.2) is 34.7 Å². The van der Waals surface area contributed by atoms with Crippen LogP contribution < -0.4 is 0 Å². The molecule has 2 aliphatic rings. The van der Waals surface area contributed by atoms with Gasteiger partial charge in [-0.05, 0) is 57.6 Å². The Labute approximate surface area is 152 Å². The Morgan fingerprint density at radius 1 is 1.31 bits per heavy atom. The third-order valence-corrected chi connectivity index (χ3v) is 5.72. The van der Waals surface area contributed by atoms with Crippen molar-refractivity contribution in [3.05, 3.63) is 35.2 Å². The van der Waals surface area contributed by atoms with E-state index in [9.17, 15) is 8.78 Å². The molecule has 6 heteroatoms. The Bertz CT molecular complexity index is 802. The molecule has 0 amide bonds. The zero-order valence-electron chi connectivity index (χ0n) is 15.1. The predicted molar refractivity (Wildman–Crippen MR) is 96.4 cm³/mol. The van der Waals surface area contributed by atoms with Crippen molar-refractivity contribution < 1.29 is 13.3 Å². The standard InChI is InChI=1S/C20H25F2N3O/c1-13-18-16(19(21)22)10-17(23-20(18)26-24-13)15-8-5-9-25(12-15)11-14-6-3-2-4-7-14/h2-3,10,14-15,19H,4-9,11-12H2,1H3/t14-,15+/m0/s1. The van der Waals surface area contributed by atoms with Crippen LogP contribution in [-0.2, 0) is 0 Å². The maximum Gasteiger partial charge on any atom is 0.264 e. The number of pyridine rings is 1. The van der Waals surface area contributed by atoms with Crippen molar-refractivity contribution in [2.75, 3.05) is 19.6 Å². The Hall–Kier alpha value is -1.82. The number of aryl methyl sites for hydroxylation is 1. The first kappa shape index (κ1) is 17.6. The lowest BCUT2D eigenvalue weighted by atomic mass is 9.90. The maximum atomic E-state index is 13.6. The highest BCUT2D eigenvalue weighted by atomic mass is 19.3. The molecule has 0 radical (unpaired) electrons. The number of alkyl halides is 2. The van der Waals surface area contributed by atoms with Gasteiger partial charge in [0.25, 0.3) is 12.1 Å². The molecule has 2 aromatic rings. The molecule has 4 nitrogen and oxygen atoms in total. The SMILES string of the molecule is Cc1noc2nc([C@@H]3CCCN(C[C@H]4CC=CCC4)C3)cc(C(F)F)c12. The summed E-state index contributed by atoms with van der Waals surface area (Å²) in [5.74, 6) is 0.887. The first-order valence-corrected chi connectivity index (χ1v) is 9.54. The summed E-state index contributed by atoms with van der Waals surface area (Å²) in [6.07, 6.45) is 7.62. The summed E-state index contributed by atoms with van der Waals surface area (Å²) in [5.41, 5.74) is 1.44. The molecule has 140 valence electrons. The van der Waals surface area contributed by atoms with Crippen molar-refractivity contribution in [1.29, 1.82) is 0 Å². The number of fused-ring (bicyclic) bond motifs is 1. The van der Waals surface area contributed by atoms with Gasteiger partial charge in [-0.2, -0.15) is 0 Å². The molecule has 1 aliphatic heterocycles. The number of hydrogen-bond acceptors (Lipinski definition) is 4. The van der Waals surface area contributed by atoms with E-state index in [-0.39, 0.29) is 17.2 Å². The lowest BCUT2D eigenvalue weighted by molar-refractivity contribution is 0.152. The number of piperidine rings is 1. The van der Waals surface area contributed by atoms with Crippen LogP contribution in [0.4, 0.5) is 8.78 Å². The number of likely N-dealkylation sites (tertiary alicyclic amines) is 1. The summed E-state index contributed by atoms with van der Waals surface area (Å²) in [6.45, 7) is 4.74. The van der Waals surface area contributed by atoms with E-state index in [1.54, 1.807) is 13.0 Å². The fraction of sp³-hybridized carbons (Fsp3) is 0.600. The van der Waals surface area contributed by atoms with E-state index in [1.807, 2.05) is 0 Å². The normalized spacial score (nSPS) is 24.6. The second-order valence-electron chi connectivity index (χ2n) is 7.63. The van der Waals surface area contributed by atoms with Gasteiger partial charge >= 0.3 is 0 Å². The molecule has 4 rings (SSSR count). The number of hydrogen-bond donors (Lipinski definition) is 0. The van der Waals surface area contributed by atoms with Crippen molar-refractivity contribution in [3.63, 3.8) is 0 Å². The summed E-state index contributed by atoms with van der Waals surface area (Å²) in [5, 5.41) is 4.20. The molecule has 3 heterocycles. The van der Waals surface area contributed by atoms with Crippen molar-refractivity contribution in [2.24, 2.45) is 5.92 Å².